The van der Waals surface area contributed by atoms with E-state index in [1.807, 2.05) is 6.92 Å². The zero-order valence-corrected chi connectivity index (χ0v) is 13.7. The molecule has 0 saturated heterocycles. The van der Waals surface area contributed by atoms with Crippen LogP contribution in [0.25, 0.3) is 27.8 Å². The summed E-state index contributed by atoms with van der Waals surface area (Å²) in [7, 11) is 0. The molecule has 0 aliphatic rings. The maximum atomic E-state index is 13.0. The van der Waals surface area contributed by atoms with Crippen molar-refractivity contribution in [2.45, 2.75) is 19.5 Å². The predicted molar refractivity (Wildman–Crippen MR) is 87.9 cm³/mol. The average molecular weight is 366 g/mol. The molecule has 3 aromatic heterocycles. The van der Waals surface area contributed by atoms with Crippen molar-refractivity contribution < 1.29 is 13.2 Å². The monoisotopic (exact) mass is 365 g/mol. The Hall–Kier alpha value is -2.61. The number of hydrogen-bond acceptors (Lipinski definition) is 3. The fraction of sp³-hybridized carbons (Fsp3) is 0.188. The molecular formula is C16H11ClF3N5. The van der Waals surface area contributed by atoms with Gasteiger partial charge in [-0.2, -0.15) is 18.3 Å². The number of aryl methyl sites for hydroxylation is 1. The number of fused-ring (bicyclic) bond motifs is 2. The van der Waals surface area contributed by atoms with E-state index >= 15 is 0 Å². The van der Waals surface area contributed by atoms with Gasteiger partial charge in [0.15, 0.2) is 5.65 Å². The molecule has 0 radical (unpaired) electrons. The van der Waals surface area contributed by atoms with Gasteiger partial charge in [0, 0.05) is 11.8 Å². The number of pyridine rings is 1. The number of nitrogens with one attached hydrogen (secondary N) is 1. The number of rotatable bonds is 2. The Morgan fingerprint density at radius 3 is 2.72 bits per heavy atom. The predicted octanol–water partition coefficient (Wildman–Crippen LogP) is 4.53. The first-order valence-electron chi connectivity index (χ1n) is 7.47. The molecule has 0 unspecified atom stereocenters. The molecule has 0 fully saturated rings. The molecular weight excluding hydrogens is 355 g/mol. The van der Waals surface area contributed by atoms with Crippen LogP contribution >= 0.6 is 11.6 Å². The van der Waals surface area contributed by atoms with E-state index in [4.69, 9.17) is 11.6 Å². The van der Waals surface area contributed by atoms with E-state index in [1.54, 1.807) is 22.9 Å². The fourth-order valence-corrected chi connectivity index (χ4v) is 3.06. The molecule has 0 amide bonds. The zero-order valence-electron chi connectivity index (χ0n) is 12.9. The SMILES string of the molecule is CCc1nc2ccc(C(F)(F)F)nc2n1-c1cc(Cl)c2[nH]ncc2c1. The van der Waals surface area contributed by atoms with Gasteiger partial charge in [0.1, 0.15) is 17.0 Å². The highest BCUT2D eigenvalue weighted by atomic mass is 35.5. The highest BCUT2D eigenvalue weighted by Crippen LogP contribution is 2.32. The molecule has 0 aliphatic heterocycles. The fourth-order valence-electron chi connectivity index (χ4n) is 2.80. The van der Waals surface area contributed by atoms with Gasteiger partial charge in [0.25, 0.3) is 0 Å². The number of H-pyrrole nitrogens is 1. The van der Waals surface area contributed by atoms with Crippen LogP contribution in [-0.4, -0.2) is 24.7 Å². The lowest BCUT2D eigenvalue weighted by Gasteiger charge is -2.10. The number of halogens is 4. The van der Waals surface area contributed by atoms with Crippen LogP contribution in [0.3, 0.4) is 0 Å². The van der Waals surface area contributed by atoms with Gasteiger partial charge < -0.3 is 0 Å². The van der Waals surface area contributed by atoms with E-state index in [0.717, 1.165) is 11.5 Å². The summed E-state index contributed by atoms with van der Waals surface area (Å²) in [6.45, 7) is 1.88. The van der Waals surface area contributed by atoms with E-state index in [2.05, 4.69) is 20.2 Å². The van der Waals surface area contributed by atoms with E-state index in [-0.39, 0.29) is 5.65 Å². The number of nitrogens with zero attached hydrogens (tertiary/aromatic N) is 4. The van der Waals surface area contributed by atoms with Gasteiger partial charge in [-0.15, -0.1) is 0 Å². The van der Waals surface area contributed by atoms with Crippen LogP contribution in [0.2, 0.25) is 5.02 Å². The minimum atomic E-state index is -4.53. The normalized spacial score (nSPS) is 12.4. The zero-order chi connectivity index (χ0) is 17.8. The topological polar surface area (TPSA) is 59.4 Å². The summed E-state index contributed by atoms with van der Waals surface area (Å²) in [6, 6.07) is 5.71. The molecule has 0 bridgehead atoms. The van der Waals surface area contributed by atoms with Gasteiger partial charge in [-0.25, -0.2) is 9.97 Å². The molecule has 0 saturated carbocycles. The molecule has 4 aromatic rings. The third-order valence-electron chi connectivity index (χ3n) is 3.92. The Morgan fingerprint density at radius 1 is 1.20 bits per heavy atom. The molecule has 4 rings (SSSR count). The van der Waals surface area contributed by atoms with Gasteiger partial charge in [-0.1, -0.05) is 18.5 Å². The summed E-state index contributed by atoms with van der Waals surface area (Å²) >= 11 is 6.27. The Labute approximate surface area is 144 Å². The molecule has 3 heterocycles. The molecule has 0 atom stereocenters. The molecule has 128 valence electrons. The molecule has 1 aromatic carbocycles. The largest absolute Gasteiger partial charge is 0.433 e. The number of hydrogen-bond donors (Lipinski definition) is 1. The lowest BCUT2D eigenvalue weighted by Crippen LogP contribution is -2.09. The first-order valence-corrected chi connectivity index (χ1v) is 7.85. The maximum absolute atomic E-state index is 13.0. The average Bonchev–Trinajstić information content (AvgIpc) is 3.16. The van der Waals surface area contributed by atoms with Crippen molar-refractivity contribution in [3.63, 3.8) is 0 Å². The van der Waals surface area contributed by atoms with Crippen molar-refractivity contribution in [1.82, 2.24) is 24.7 Å². The third-order valence-corrected chi connectivity index (χ3v) is 4.22. The highest BCUT2D eigenvalue weighted by molar-refractivity contribution is 6.35. The van der Waals surface area contributed by atoms with Crippen molar-refractivity contribution in [2.75, 3.05) is 0 Å². The summed E-state index contributed by atoms with van der Waals surface area (Å²) in [5.74, 6) is 0.598. The second-order valence-corrected chi connectivity index (χ2v) is 5.92. The maximum Gasteiger partial charge on any atom is 0.433 e. The number of imidazole rings is 1. The Kier molecular flexibility index (Phi) is 3.47. The van der Waals surface area contributed by atoms with Gasteiger partial charge in [0.05, 0.1) is 22.4 Å². The standard InChI is InChI=1S/C16H11ClF3N5/c1-2-13-22-11-3-4-12(16(18,19)20)23-15(11)25(13)9-5-8-7-21-24-14(8)10(17)6-9/h3-7H,2H2,1H3,(H,21,24). The van der Waals surface area contributed by atoms with Crippen LogP contribution in [0.5, 0.6) is 0 Å². The third kappa shape index (κ3) is 2.53. The minimum absolute atomic E-state index is 0.144. The van der Waals surface area contributed by atoms with Crippen molar-refractivity contribution in [2.24, 2.45) is 0 Å². The van der Waals surface area contributed by atoms with Gasteiger partial charge in [0.2, 0.25) is 0 Å². The van der Waals surface area contributed by atoms with E-state index in [0.29, 0.717) is 34.0 Å². The Morgan fingerprint density at radius 2 is 2.00 bits per heavy atom. The minimum Gasteiger partial charge on any atom is -0.281 e. The Balaban J connectivity index is 2.03. The van der Waals surface area contributed by atoms with E-state index < -0.39 is 11.9 Å². The van der Waals surface area contributed by atoms with Crippen LogP contribution < -0.4 is 0 Å². The van der Waals surface area contributed by atoms with Crippen molar-refractivity contribution in [3.8, 4) is 5.69 Å². The van der Waals surface area contributed by atoms with Crippen molar-refractivity contribution >= 4 is 33.7 Å². The second-order valence-electron chi connectivity index (χ2n) is 5.52. The molecule has 9 heteroatoms. The quantitative estimate of drug-likeness (QED) is 0.567. The van der Waals surface area contributed by atoms with E-state index in [1.165, 1.54) is 6.07 Å². The summed E-state index contributed by atoms with van der Waals surface area (Å²) in [4.78, 5) is 8.19. The van der Waals surface area contributed by atoms with Crippen LogP contribution in [-0.2, 0) is 12.6 Å². The van der Waals surface area contributed by atoms with Crippen LogP contribution in [0.1, 0.15) is 18.4 Å². The smallest absolute Gasteiger partial charge is 0.281 e. The van der Waals surface area contributed by atoms with Gasteiger partial charge in [-0.05, 0) is 24.3 Å². The lowest BCUT2D eigenvalue weighted by atomic mass is 10.2. The lowest BCUT2D eigenvalue weighted by molar-refractivity contribution is -0.141. The van der Waals surface area contributed by atoms with Crippen LogP contribution in [0.15, 0.2) is 30.5 Å². The first-order chi connectivity index (χ1) is 11.9. The summed E-state index contributed by atoms with van der Waals surface area (Å²) in [5.41, 5.74) is 0.833. The second kappa shape index (κ2) is 5.45. The van der Waals surface area contributed by atoms with Crippen molar-refractivity contribution in [3.05, 3.63) is 47.0 Å². The number of aromatic nitrogens is 5. The van der Waals surface area contributed by atoms with Gasteiger partial charge >= 0.3 is 6.18 Å². The number of alkyl halides is 3. The molecule has 1 N–H and O–H groups in total. The van der Waals surface area contributed by atoms with Gasteiger partial charge in [-0.3, -0.25) is 9.67 Å². The molecule has 0 aliphatic carbocycles. The summed E-state index contributed by atoms with van der Waals surface area (Å²) in [5, 5.41) is 7.89. The summed E-state index contributed by atoms with van der Waals surface area (Å²) < 4.78 is 40.7. The highest BCUT2D eigenvalue weighted by Gasteiger charge is 2.33. The van der Waals surface area contributed by atoms with Crippen molar-refractivity contribution in [1.29, 1.82) is 0 Å². The van der Waals surface area contributed by atoms with Crippen LogP contribution in [0.4, 0.5) is 13.2 Å². The van der Waals surface area contributed by atoms with E-state index in [9.17, 15) is 13.2 Å². The Bertz CT molecular complexity index is 1100. The number of benzene rings is 1. The molecule has 5 nitrogen and oxygen atoms in total. The summed E-state index contributed by atoms with van der Waals surface area (Å²) in [6.07, 6.45) is -2.40. The molecule has 0 spiro atoms. The first kappa shape index (κ1) is 15.9. The molecule has 25 heavy (non-hydrogen) atoms. The number of aromatic amines is 1. The van der Waals surface area contributed by atoms with Crippen LogP contribution in [0, 0.1) is 0 Å².